The third-order valence-corrected chi connectivity index (χ3v) is 4.47. The fourth-order valence-electron chi connectivity index (χ4n) is 2.75. The second-order valence-corrected chi connectivity index (χ2v) is 6.70. The zero-order valence-electron chi connectivity index (χ0n) is 14.9. The molecular weight excluding hydrogens is 401 g/mol. The SMILES string of the molecule is CCOC(=O)c1[nH]c2cc(Cl)cc(Cl)c2c1/C=C/C(=O)Nc1ccccc1N. The molecule has 0 unspecified atom stereocenters. The van der Waals surface area contributed by atoms with Gasteiger partial charge in [0.1, 0.15) is 5.69 Å². The van der Waals surface area contributed by atoms with E-state index in [1.165, 1.54) is 12.2 Å². The molecule has 144 valence electrons. The number of nitrogens with one attached hydrogen (secondary N) is 2. The van der Waals surface area contributed by atoms with Gasteiger partial charge in [-0.3, -0.25) is 4.79 Å². The fourth-order valence-corrected chi connectivity index (χ4v) is 3.34. The minimum absolute atomic E-state index is 0.185. The van der Waals surface area contributed by atoms with Gasteiger partial charge in [0.15, 0.2) is 0 Å². The molecule has 0 spiro atoms. The van der Waals surface area contributed by atoms with Crippen LogP contribution in [0.4, 0.5) is 11.4 Å². The standard InChI is InChI=1S/C20H17Cl2N3O3/c1-2-28-20(27)19-12(18-13(22)9-11(21)10-16(18)25-19)7-8-17(26)24-15-6-4-3-5-14(15)23/h3-10,25H,2,23H2,1H3,(H,24,26)/b8-7+. The van der Waals surface area contributed by atoms with E-state index in [0.717, 1.165) is 0 Å². The first kappa shape index (κ1) is 19.8. The van der Waals surface area contributed by atoms with E-state index in [4.69, 9.17) is 33.7 Å². The Morgan fingerprint density at radius 3 is 2.71 bits per heavy atom. The van der Waals surface area contributed by atoms with Crippen LogP contribution in [0.1, 0.15) is 23.0 Å². The number of ether oxygens (including phenoxy) is 1. The van der Waals surface area contributed by atoms with E-state index < -0.39 is 11.9 Å². The van der Waals surface area contributed by atoms with Crippen molar-refractivity contribution in [2.75, 3.05) is 17.7 Å². The van der Waals surface area contributed by atoms with Gasteiger partial charge in [0.25, 0.3) is 0 Å². The van der Waals surface area contributed by atoms with E-state index in [2.05, 4.69) is 10.3 Å². The molecule has 1 aromatic heterocycles. The molecule has 0 bridgehead atoms. The number of nitrogens with two attached hydrogens (primary N) is 1. The summed E-state index contributed by atoms with van der Waals surface area (Å²) in [6.07, 6.45) is 2.79. The van der Waals surface area contributed by atoms with Crippen molar-refractivity contribution in [2.24, 2.45) is 0 Å². The Kier molecular flexibility index (Phi) is 5.92. The quantitative estimate of drug-likeness (QED) is 0.312. The second-order valence-electron chi connectivity index (χ2n) is 5.85. The van der Waals surface area contributed by atoms with E-state index in [9.17, 15) is 9.59 Å². The molecule has 0 aliphatic heterocycles. The van der Waals surface area contributed by atoms with Crippen LogP contribution in [0.5, 0.6) is 0 Å². The zero-order valence-corrected chi connectivity index (χ0v) is 16.4. The number of halogens is 2. The molecule has 0 saturated carbocycles. The van der Waals surface area contributed by atoms with E-state index in [-0.39, 0.29) is 12.3 Å². The topological polar surface area (TPSA) is 97.2 Å². The van der Waals surface area contributed by atoms with Crippen molar-refractivity contribution in [3.63, 3.8) is 0 Å². The van der Waals surface area contributed by atoms with Crippen molar-refractivity contribution in [2.45, 2.75) is 6.92 Å². The number of H-pyrrole nitrogens is 1. The molecule has 1 amide bonds. The van der Waals surface area contributed by atoms with E-state index >= 15 is 0 Å². The lowest BCUT2D eigenvalue weighted by molar-refractivity contribution is -0.111. The van der Waals surface area contributed by atoms with Gasteiger partial charge in [0, 0.05) is 27.6 Å². The van der Waals surface area contributed by atoms with Crippen LogP contribution in [-0.4, -0.2) is 23.5 Å². The number of amides is 1. The molecule has 3 aromatic rings. The number of anilines is 2. The van der Waals surface area contributed by atoms with Gasteiger partial charge in [-0.25, -0.2) is 4.79 Å². The fraction of sp³-hybridized carbons (Fsp3) is 0.100. The Balaban J connectivity index is 1.99. The normalized spacial score (nSPS) is 11.1. The van der Waals surface area contributed by atoms with Crippen LogP contribution in [0, 0.1) is 0 Å². The highest BCUT2D eigenvalue weighted by Crippen LogP contribution is 2.33. The van der Waals surface area contributed by atoms with Crippen molar-refractivity contribution >= 4 is 63.4 Å². The van der Waals surface area contributed by atoms with E-state index in [1.54, 1.807) is 43.3 Å². The van der Waals surface area contributed by atoms with Crippen molar-refractivity contribution in [3.8, 4) is 0 Å². The summed E-state index contributed by atoms with van der Waals surface area (Å²) in [5.41, 5.74) is 7.95. The summed E-state index contributed by atoms with van der Waals surface area (Å²) < 4.78 is 5.09. The molecule has 2 aromatic carbocycles. The smallest absolute Gasteiger partial charge is 0.355 e. The second kappa shape index (κ2) is 8.37. The number of carbonyl (C=O) groups is 2. The molecule has 3 rings (SSSR count). The maximum Gasteiger partial charge on any atom is 0.355 e. The lowest BCUT2D eigenvalue weighted by Crippen LogP contribution is -2.10. The summed E-state index contributed by atoms with van der Waals surface area (Å²) in [7, 11) is 0. The Labute approximate surface area is 171 Å². The summed E-state index contributed by atoms with van der Waals surface area (Å²) >= 11 is 12.4. The number of hydrogen-bond donors (Lipinski definition) is 3. The highest BCUT2D eigenvalue weighted by Gasteiger charge is 2.20. The average Bonchev–Trinajstić information content (AvgIpc) is 3.01. The van der Waals surface area contributed by atoms with Gasteiger partial charge in [-0.2, -0.15) is 0 Å². The lowest BCUT2D eigenvalue weighted by Gasteiger charge is -2.05. The molecule has 0 aliphatic carbocycles. The van der Waals surface area contributed by atoms with Crippen LogP contribution >= 0.6 is 23.2 Å². The van der Waals surface area contributed by atoms with Gasteiger partial charge in [-0.1, -0.05) is 35.3 Å². The van der Waals surface area contributed by atoms with Crippen molar-refractivity contribution in [3.05, 3.63) is 63.8 Å². The zero-order chi connectivity index (χ0) is 20.3. The molecule has 0 fully saturated rings. The molecule has 6 nitrogen and oxygen atoms in total. The Morgan fingerprint density at radius 2 is 2.00 bits per heavy atom. The predicted octanol–water partition coefficient (Wildman–Crippen LogP) is 4.89. The van der Waals surface area contributed by atoms with Gasteiger partial charge in [0.2, 0.25) is 5.91 Å². The Hall–Kier alpha value is -2.96. The predicted molar refractivity (Wildman–Crippen MR) is 113 cm³/mol. The number of fused-ring (bicyclic) bond motifs is 1. The first-order valence-electron chi connectivity index (χ1n) is 8.42. The Morgan fingerprint density at radius 1 is 1.25 bits per heavy atom. The summed E-state index contributed by atoms with van der Waals surface area (Å²) in [4.78, 5) is 27.6. The van der Waals surface area contributed by atoms with Crippen molar-refractivity contribution < 1.29 is 14.3 Å². The molecule has 28 heavy (non-hydrogen) atoms. The molecule has 0 aliphatic rings. The molecule has 0 radical (unpaired) electrons. The number of nitrogen functional groups attached to an aromatic ring is 1. The Bertz CT molecular complexity index is 1090. The lowest BCUT2D eigenvalue weighted by atomic mass is 10.1. The summed E-state index contributed by atoms with van der Waals surface area (Å²) in [6, 6.07) is 10.1. The molecule has 1 heterocycles. The third-order valence-electron chi connectivity index (χ3n) is 3.95. The third kappa shape index (κ3) is 4.13. The van der Waals surface area contributed by atoms with Gasteiger partial charge >= 0.3 is 5.97 Å². The summed E-state index contributed by atoms with van der Waals surface area (Å²) in [5, 5.41) is 4.02. The molecular formula is C20H17Cl2N3O3. The van der Waals surface area contributed by atoms with Crippen molar-refractivity contribution in [1.29, 1.82) is 0 Å². The number of aromatic amines is 1. The van der Waals surface area contributed by atoms with Crippen LogP contribution in [0.3, 0.4) is 0 Å². The molecule has 4 N–H and O–H groups in total. The van der Waals surface area contributed by atoms with Crippen LogP contribution in [0.15, 0.2) is 42.5 Å². The number of benzene rings is 2. The van der Waals surface area contributed by atoms with Crippen LogP contribution in [0.2, 0.25) is 10.0 Å². The summed E-state index contributed by atoms with van der Waals surface area (Å²) in [5.74, 6) is -0.967. The number of rotatable bonds is 5. The summed E-state index contributed by atoms with van der Waals surface area (Å²) in [6.45, 7) is 1.91. The number of carbonyl (C=O) groups excluding carboxylic acids is 2. The number of para-hydroxylation sites is 2. The molecule has 0 atom stereocenters. The largest absolute Gasteiger partial charge is 0.461 e. The molecule has 0 saturated heterocycles. The number of aromatic nitrogens is 1. The van der Waals surface area contributed by atoms with Crippen LogP contribution < -0.4 is 11.1 Å². The average molecular weight is 418 g/mol. The highest BCUT2D eigenvalue weighted by molar-refractivity contribution is 6.39. The van der Waals surface area contributed by atoms with Crippen LogP contribution in [0.25, 0.3) is 17.0 Å². The van der Waals surface area contributed by atoms with Gasteiger partial charge in [-0.05, 0) is 37.3 Å². The van der Waals surface area contributed by atoms with Crippen LogP contribution in [-0.2, 0) is 9.53 Å². The first-order chi connectivity index (χ1) is 13.4. The van der Waals surface area contributed by atoms with E-state index in [1.807, 2.05) is 0 Å². The van der Waals surface area contributed by atoms with Gasteiger partial charge in [0.05, 0.1) is 23.0 Å². The minimum atomic E-state index is -0.557. The minimum Gasteiger partial charge on any atom is -0.461 e. The highest BCUT2D eigenvalue weighted by atomic mass is 35.5. The molecule has 8 heteroatoms. The van der Waals surface area contributed by atoms with E-state index in [0.29, 0.717) is 37.9 Å². The first-order valence-corrected chi connectivity index (χ1v) is 9.17. The number of hydrogen-bond acceptors (Lipinski definition) is 4. The maximum atomic E-state index is 12.3. The monoisotopic (exact) mass is 417 g/mol. The van der Waals surface area contributed by atoms with Gasteiger partial charge in [-0.15, -0.1) is 0 Å². The number of esters is 1. The van der Waals surface area contributed by atoms with Gasteiger partial charge < -0.3 is 20.8 Å². The maximum absolute atomic E-state index is 12.3. The van der Waals surface area contributed by atoms with Crippen molar-refractivity contribution in [1.82, 2.24) is 4.98 Å².